The van der Waals surface area contributed by atoms with Crippen LogP contribution in [-0.2, 0) is 0 Å². The lowest BCUT2D eigenvalue weighted by atomic mass is 10.3. The highest BCUT2D eigenvalue weighted by atomic mass is 32.1. The van der Waals surface area contributed by atoms with Gasteiger partial charge in [-0.25, -0.2) is 4.98 Å². The maximum Gasteiger partial charge on any atom is 0.109 e. The van der Waals surface area contributed by atoms with Crippen molar-refractivity contribution in [3.05, 3.63) is 33.6 Å². The molecule has 14 heavy (non-hydrogen) atoms. The average molecular weight is 224 g/mol. The lowest BCUT2D eigenvalue weighted by Gasteiger charge is -2.10. The third-order valence-corrected chi connectivity index (χ3v) is 3.85. The maximum atomic E-state index is 4.21. The van der Waals surface area contributed by atoms with Gasteiger partial charge in [0.1, 0.15) is 5.00 Å². The molecule has 0 saturated carbocycles. The van der Waals surface area contributed by atoms with E-state index in [0.29, 0.717) is 6.04 Å². The number of hydrogen-bond donors (Lipinski definition) is 1. The van der Waals surface area contributed by atoms with Crippen molar-refractivity contribution in [2.24, 2.45) is 0 Å². The molecule has 0 radical (unpaired) electrons. The van der Waals surface area contributed by atoms with Crippen LogP contribution in [0.3, 0.4) is 0 Å². The lowest BCUT2D eigenvalue weighted by Crippen LogP contribution is -2.02. The molecule has 0 saturated heterocycles. The van der Waals surface area contributed by atoms with E-state index in [1.165, 1.54) is 4.88 Å². The fourth-order valence-electron chi connectivity index (χ4n) is 1.25. The number of anilines is 1. The first-order valence-corrected chi connectivity index (χ1v) is 6.17. The molecule has 0 aliphatic heterocycles. The Morgan fingerprint density at radius 2 is 2.36 bits per heavy atom. The van der Waals surface area contributed by atoms with Gasteiger partial charge in [0.2, 0.25) is 0 Å². The molecule has 1 N–H and O–H groups in total. The van der Waals surface area contributed by atoms with Gasteiger partial charge in [0.15, 0.2) is 0 Å². The third-order valence-electron chi connectivity index (χ3n) is 1.95. The zero-order valence-corrected chi connectivity index (χ0v) is 9.78. The molecule has 74 valence electrons. The van der Waals surface area contributed by atoms with E-state index in [1.54, 1.807) is 22.7 Å². The Labute approximate surface area is 91.6 Å². The fraction of sp³-hybridized carbons (Fsp3) is 0.300. The fourth-order valence-corrected chi connectivity index (χ4v) is 2.75. The summed E-state index contributed by atoms with van der Waals surface area (Å²) in [5, 5.41) is 7.78. The largest absolute Gasteiger partial charge is 0.368 e. The Hall–Kier alpha value is -0.870. The van der Waals surface area contributed by atoms with Gasteiger partial charge in [0.25, 0.3) is 0 Å². The molecule has 0 aliphatic rings. The molecule has 2 rings (SSSR count). The highest BCUT2D eigenvalue weighted by molar-refractivity contribution is 7.15. The second kappa shape index (κ2) is 4.11. The molecule has 1 atom stereocenters. The number of aryl methyl sites for hydroxylation is 1. The minimum absolute atomic E-state index is 0.370. The van der Waals surface area contributed by atoms with Gasteiger partial charge in [-0.3, -0.25) is 0 Å². The Morgan fingerprint density at radius 1 is 1.50 bits per heavy atom. The third kappa shape index (κ3) is 2.13. The number of nitrogens with zero attached hydrogens (tertiary/aromatic N) is 1. The van der Waals surface area contributed by atoms with Crippen LogP contribution in [0.25, 0.3) is 0 Å². The Bertz CT molecular complexity index is 392. The van der Waals surface area contributed by atoms with Gasteiger partial charge in [-0.05, 0) is 25.3 Å². The quantitative estimate of drug-likeness (QED) is 0.860. The number of nitrogens with one attached hydrogen (secondary N) is 1. The number of thiophene rings is 1. The predicted octanol–water partition coefficient (Wildman–Crippen LogP) is 3.69. The second-order valence-electron chi connectivity index (χ2n) is 3.12. The van der Waals surface area contributed by atoms with Gasteiger partial charge in [-0.1, -0.05) is 6.07 Å². The standard InChI is InChI=1S/C10H12N2S2/c1-7(9-4-3-5-13-9)12-10-6-11-8(2)14-10/h3-7,12H,1-2H3. The van der Waals surface area contributed by atoms with E-state index in [0.717, 1.165) is 10.0 Å². The molecule has 0 spiro atoms. The predicted molar refractivity (Wildman–Crippen MR) is 63.2 cm³/mol. The summed E-state index contributed by atoms with van der Waals surface area (Å²) in [6.07, 6.45) is 1.89. The number of rotatable bonds is 3. The van der Waals surface area contributed by atoms with E-state index < -0.39 is 0 Å². The molecule has 4 heteroatoms. The molecule has 2 nitrogen and oxygen atoms in total. The summed E-state index contributed by atoms with van der Waals surface area (Å²) < 4.78 is 0. The summed E-state index contributed by atoms with van der Waals surface area (Å²) in [6, 6.07) is 4.60. The molecule has 2 heterocycles. The molecular formula is C10H12N2S2. The van der Waals surface area contributed by atoms with Crippen LogP contribution in [0.4, 0.5) is 5.00 Å². The van der Waals surface area contributed by atoms with E-state index in [1.807, 2.05) is 13.1 Å². The first kappa shape index (κ1) is 9.68. The van der Waals surface area contributed by atoms with Gasteiger partial charge in [-0.15, -0.1) is 22.7 Å². The van der Waals surface area contributed by atoms with Gasteiger partial charge in [-0.2, -0.15) is 0 Å². The van der Waals surface area contributed by atoms with Gasteiger partial charge >= 0.3 is 0 Å². The van der Waals surface area contributed by atoms with E-state index in [4.69, 9.17) is 0 Å². The van der Waals surface area contributed by atoms with Crippen molar-refractivity contribution in [1.29, 1.82) is 0 Å². The molecule has 0 aromatic carbocycles. The Kier molecular flexibility index (Phi) is 2.84. The monoisotopic (exact) mass is 224 g/mol. The van der Waals surface area contributed by atoms with Crippen LogP contribution in [-0.4, -0.2) is 4.98 Å². The summed E-state index contributed by atoms with van der Waals surface area (Å²) >= 11 is 3.47. The zero-order valence-electron chi connectivity index (χ0n) is 8.15. The molecule has 0 fully saturated rings. The van der Waals surface area contributed by atoms with Crippen LogP contribution in [0.2, 0.25) is 0 Å². The summed E-state index contributed by atoms with van der Waals surface area (Å²) in [5.41, 5.74) is 0. The molecule has 0 aliphatic carbocycles. The van der Waals surface area contributed by atoms with Crippen molar-refractivity contribution < 1.29 is 0 Å². The smallest absolute Gasteiger partial charge is 0.109 e. The zero-order chi connectivity index (χ0) is 9.97. The van der Waals surface area contributed by atoms with Crippen molar-refractivity contribution in [3.63, 3.8) is 0 Å². The van der Waals surface area contributed by atoms with Gasteiger partial charge in [0.05, 0.1) is 17.2 Å². The SMILES string of the molecule is Cc1ncc(NC(C)c2cccs2)s1. The van der Waals surface area contributed by atoms with Crippen LogP contribution in [0.15, 0.2) is 23.7 Å². The van der Waals surface area contributed by atoms with Crippen LogP contribution >= 0.6 is 22.7 Å². The van der Waals surface area contributed by atoms with E-state index >= 15 is 0 Å². The number of hydrogen-bond acceptors (Lipinski definition) is 4. The van der Waals surface area contributed by atoms with Crippen molar-refractivity contribution >= 4 is 27.7 Å². The summed E-state index contributed by atoms with van der Waals surface area (Å²) in [6.45, 7) is 4.19. The molecule has 2 aromatic heterocycles. The van der Waals surface area contributed by atoms with E-state index in [-0.39, 0.29) is 0 Å². The highest BCUT2D eigenvalue weighted by Crippen LogP contribution is 2.26. The minimum Gasteiger partial charge on any atom is -0.368 e. The van der Waals surface area contributed by atoms with Crippen LogP contribution in [0.1, 0.15) is 22.9 Å². The van der Waals surface area contributed by atoms with E-state index in [2.05, 4.69) is 34.7 Å². The molecule has 0 amide bonds. The first-order valence-electron chi connectivity index (χ1n) is 4.48. The van der Waals surface area contributed by atoms with Crippen LogP contribution in [0, 0.1) is 6.92 Å². The highest BCUT2D eigenvalue weighted by Gasteiger charge is 2.07. The van der Waals surface area contributed by atoms with Crippen LogP contribution < -0.4 is 5.32 Å². The first-order chi connectivity index (χ1) is 6.75. The number of aromatic nitrogens is 1. The summed E-state index contributed by atoms with van der Waals surface area (Å²) in [7, 11) is 0. The van der Waals surface area contributed by atoms with Crippen molar-refractivity contribution in [2.75, 3.05) is 5.32 Å². The molecule has 0 bridgehead atoms. The van der Waals surface area contributed by atoms with Crippen LogP contribution in [0.5, 0.6) is 0 Å². The molecule has 1 unspecified atom stereocenters. The normalized spacial score (nSPS) is 12.7. The summed E-state index contributed by atoms with van der Waals surface area (Å²) in [5.74, 6) is 0. The van der Waals surface area contributed by atoms with Crippen molar-refractivity contribution in [3.8, 4) is 0 Å². The molecule has 2 aromatic rings. The van der Waals surface area contributed by atoms with E-state index in [9.17, 15) is 0 Å². The van der Waals surface area contributed by atoms with Gasteiger partial charge < -0.3 is 5.32 Å². The topological polar surface area (TPSA) is 24.9 Å². The van der Waals surface area contributed by atoms with Gasteiger partial charge in [0, 0.05) is 4.88 Å². The second-order valence-corrected chi connectivity index (χ2v) is 5.34. The van der Waals surface area contributed by atoms with Crippen molar-refractivity contribution in [1.82, 2.24) is 4.98 Å². The number of thiazole rings is 1. The average Bonchev–Trinajstić information content (AvgIpc) is 2.75. The Morgan fingerprint density at radius 3 is 2.93 bits per heavy atom. The Balaban J connectivity index is 2.05. The minimum atomic E-state index is 0.370. The lowest BCUT2D eigenvalue weighted by molar-refractivity contribution is 0.912. The summed E-state index contributed by atoms with van der Waals surface area (Å²) in [4.78, 5) is 5.57. The maximum absolute atomic E-state index is 4.21. The molecular weight excluding hydrogens is 212 g/mol. The van der Waals surface area contributed by atoms with Crippen molar-refractivity contribution in [2.45, 2.75) is 19.9 Å².